The number of tetrazole rings is 1. The highest BCUT2D eigenvalue weighted by Crippen LogP contribution is 2.20. The van der Waals surface area contributed by atoms with Crippen LogP contribution in [0.4, 0.5) is 0 Å². The van der Waals surface area contributed by atoms with Crippen molar-refractivity contribution < 1.29 is 0 Å². The Morgan fingerprint density at radius 1 is 1.41 bits per heavy atom. The Balaban J connectivity index is 1.79. The molecule has 0 bridgehead atoms. The lowest BCUT2D eigenvalue weighted by Crippen LogP contribution is -2.15. The Morgan fingerprint density at radius 3 is 3.00 bits per heavy atom. The Morgan fingerprint density at radius 2 is 2.23 bits per heavy atom. The van der Waals surface area contributed by atoms with Crippen LogP contribution in [0.25, 0.3) is 4.96 Å². The summed E-state index contributed by atoms with van der Waals surface area (Å²) in [5, 5.41) is 17.4. The molecule has 0 aliphatic rings. The molecule has 8 nitrogen and oxygen atoms in total. The van der Waals surface area contributed by atoms with E-state index in [1.165, 1.54) is 33.7 Å². The third-order valence-corrected chi connectivity index (χ3v) is 4.60. The molecule has 0 saturated carbocycles. The molecule has 0 radical (unpaired) electrons. The van der Waals surface area contributed by atoms with E-state index in [1.54, 1.807) is 4.68 Å². The van der Waals surface area contributed by atoms with Gasteiger partial charge in [-0.05, 0) is 23.3 Å². The van der Waals surface area contributed by atoms with Crippen LogP contribution >= 0.6 is 23.1 Å². The summed E-state index contributed by atoms with van der Waals surface area (Å²) < 4.78 is 3.11. The van der Waals surface area contributed by atoms with Crippen LogP contribution in [0, 0.1) is 12.8 Å². The van der Waals surface area contributed by atoms with Gasteiger partial charge in [-0.1, -0.05) is 36.9 Å². The normalized spacial score (nSPS) is 11.6. The van der Waals surface area contributed by atoms with E-state index < -0.39 is 0 Å². The summed E-state index contributed by atoms with van der Waals surface area (Å²) in [6.45, 7) is 6.84. The van der Waals surface area contributed by atoms with Crippen molar-refractivity contribution in [2.75, 3.05) is 0 Å². The first-order valence-corrected chi connectivity index (χ1v) is 8.58. The molecule has 116 valence electrons. The van der Waals surface area contributed by atoms with Crippen molar-refractivity contribution >= 4 is 28.1 Å². The quantitative estimate of drug-likeness (QED) is 0.650. The van der Waals surface area contributed by atoms with E-state index >= 15 is 0 Å². The molecule has 0 fully saturated rings. The minimum absolute atomic E-state index is 0.160. The van der Waals surface area contributed by atoms with Gasteiger partial charge in [0.25, 0.3) is 5.56 Å². The Hall–Kier alpha value is -1.81. The van der Waals surface area contributed by atoms with Crippen LogP contribution in [0.1, 0.15) is 24.5 Å². The largest absolute Gasteiger partial charge is 0.275 e. The van der Waals surface area contributed by atoms with Crippen molar-refractivity contribution in [3.05, 3.63) is 27.1 Å². The van der Waals surface area contributed by atoms with E-state index in [1.807, 2.05) is 6.92 Å². The number of hydrogen-bond donors (Lipinski definition) is 0. The van der Waals surface area contributed by atoms with E-state index in [4.69, 9.17) is 0 Å². The van der Waals surface area contributed by atoms with Gasteiger partial charge in [0.15, 0.2) is 0 Å². The number of aromatic nitrogens is 7. The van der Waals surface area contributed by atoms with E-state index in [0.717, 1.165) is 16.7 Å². The molecule has 0 unspecified atom stereocenters. The fraction of sp³-hybridized carbons (Fsp3) is 0.500. The van der Waals surface area contributed by atoms with Crippen molar-refractivity contribution in [2.45, 2.75) is 38.2 Å². The molecule has 0 amide bonds. The van der Waals surface area contributed by atoms with Gasteiger partial charge in [0.1, 0.15) is 5.01 Å². The minimum atomic E-state index is -0.160. The Bertz CT molecular complexity index is 851. The summed E-state index contributed by atoms with van der Waals surface area (Å²) in [5.41, 5.74) is 0.546. The molecule has 10 heteroatoms. The zero-order valence-electron chi connectivity index (χ0n) is 12.4. The van der Waals surface area contributed by atoms with Gasteiger partial charge in [0, 0.05) is 18.4 Å². The number of nitrogens with zero attached hydrogens (tertiary/aromatic N) is 7. The second-order valence-corrected chi connectivity index (χ2v) is 7.33. The van der Waals surface area contributed by atoms with E-state index in [2.05, 4.69) is 39.5 Å². The van der Waals surface area contributed by atoms with Crippen LogP contribution < -0.4 is 5.56 Å². The third kappa shape index (κ3) is 3.17. The zero-order valence-corrected chi connectivity index (χ0v) is 14.1. The molecule has 3 aromatic heterocycles. The predicted octanol–water partition coefficient (Wildman–Crippen LogP) is 1.39. The molecule has 3 heterocycles. The molecule has 0 saturated heterocycles. The van der Waals surface area contributed by atoms with Gasteiger partial charge < -0.3 is 0 Å². The number of hydrogen-bond acceptors (Lipinski definition) is 8. The van der Waals surface area contributed by atoms with Gasteiger partial charge in [0.2, 0.25) is 10.1 Å². The standard InChI is InChI=1S/C12H15N7OS2/c1-7(2)5-18-12(14-16-17-18)21-6-9-4-10(20)19-11(13-9)22-8(3)15-19/h4,7H,5-6H2,1-3H3. The average Bonchev–Trinajstić information content (AvgIpc) is 3.02. The lowest BCUT2D eigenvalue weighted by atomic mass is 10.2. The SMILES string of the molecule is Cc1nn2c(=O)cc(CSc3nnnn3CC(C)C)nc2s1. The van der Waals surface area contributed by atoms with Gasteiger partial charge in [0.05, 0.1) is 5.69 Å². The predicted molar refractivity (Wildman–Crippen MR) is 84.1 cm³/mol. The number of aryl methyl sites for hydroxylation is 1. The average molecular weight is 337 g/mol. The number of rotatable bonds is 5. The molecular formula is C12H15N7OS2. The van der Waals surface area contributed by atoms with Crippen LogP contribution in [-0.4, -0.2) is 34.8 Å². The van der Waals surface area contributed by atoms with Crippen molar-refractivity contribution in [3.63, 3.8) is 0 Å². The molecule has 0 aromatic carbocycles. The second kappa shape index (κ2) is 6.13. The first-order chi connectivity index (χ1) is 10.5. The van der Waals surface area contributed by atoms with Crippen LogP contribution in [0.2, 0.25) is 0 Å². The second-order valence-electron chi connectivity index (χ2n) is 5.23. The molecular weight excluding hydrogens is 322 g/mol. The van der Waals surface area contributed by atoms with Gasteiger partial charge in [-0.15, -0.1) is 5.10 Å². The third-order valence-electron chi connectivity index (χ3n) is 2.79. The summed E-state index contributed by atoms with van der Waals surface area (Å²) in [5.74, 6) is 1.00. The van der Waals surface area contributed by atoms with Crippen molar-refractivity contribution in [1.29, 1.82) is 0 Å². The maximum atomic E-state index is 12.0. The molecule has 3 aromatic rings. The van der Waals surface area contributed by atoms with E-state index in [9.17, 15) is 4.79 Å². The molecule has 0 N–H and O–H groups in total. The van der Waals surface area contributed by atoms with E-state index in [0.29, 0.717) is 22.3 Å². The van der Waals surface area contributed by atoms with E-state index in [-0.39, 0.29) is 5.56 Å². The summed E-state index contributed by atoms with van der Waals surface area (Å²) in [6, 6.07) is 1.51. The maximum absolute atomic E-state index is 12.0. The fourth-order valence-corrected chi connectivity index (χ4v) is 3.47. The lowest BCUT2D eigenvalue weighted by molar-refractivity contribution is 0.446. The molecule has 0 aliphatic heterocycles. The zero-order chi connectivity index (χ0) is 15.7. The molecule has 3 rings (SSSR count). The molecule has 0 aliphatic carbocycles. The van der Waals surface area contributed by atoms with Crippen molar-refractivity contribution in [1.82, 2.24) is 34.8 Å². The molecule has 0 atom stereocenters. The first kappa shape index (κ1) is 15.1. The number of fused-ring (bicyclic) bond motifs is 1. The van der Waals surface area contributed by atoms with Crippen LogP contribution in [0.5, 0.6) is 0 Å². The molecule has 0 spiro atoms. The Labute approximate surface area is 134 Å². The summed E-state index contributed by atoms with van der Waals surface area (Å²) in [6.07, 6.45) is 0. The fourth-order valence-electron chi connectivity index (χ4n) is 1.92. The smallest absolute Gasteiger partial charge is 0.267 e. The Kier molecular flexibility index (Phi) is 4.21. The van der Waals surface area contributed by atoms with Crippen LogP contribution in [0.15, 0.2) is 16.0 Å². The van der Waals surface area contributed by atoms with Gasteiger partial charge >= 0.3 is 0 Å². The van der Waals surface area contributed by atoms with Gasteiger partial charge in [-0.2, -0.15) is 9.61 Å². The van der Waals surface area contributed by atoms with Crippen LogP contribution in [0.3, 0.4) is 0 Å². The highest BCUT2D eigenvalue weighted by Gasteiger charge is 2.11. The van der Waals surface area contributed by atoms with Gasteiger partial charge in [-0.25, -0.2) is 9.67 Å². The number of thioether (sulfide) groups is 1. The highest BCUT2D eigenvalue weighted by atomic mass is 32.2. The summed E-state index contributed by atoms with van der Waals surface area (Å²) in [4.78, 5) is 17.1. The monoisotopic (exact) mass is 337 g/mol. The summed E-state index contributed by atoms with van der Waals surface area (Å²) in [7, 11) is 0. The molecule has 22 heavy (non-hydrogen) atoms. The van der Waals surface area contributed by atoms with Gasteiger partial charge in [-0.3, -0.25) is 4.79 Å². The lowest BCUT2D eigenvalue weighted by Gasteiger charge is -2.06. The van der Waals surface area contributed by atoms with Crippen molar-refractivity contribution in [3.8, 4) is 0 Å². The summed E-state index contributed by atoms with van der Waals surface area (Å²) >= 11 is 2.87. The van der Waals surface area contributed by atoms with Crippen LogP contribution in [-0.2, 0) is 12.3 Å². The van der Waals surface area contributed by atoms with Crippen molar-refractivity contribution in [2.24, 2.45) is 5.92 Å². The topological polar surface area (TPSA) is 90.9 Å². The highest BCUT2D eigenvalue weighted by molar-refractivity contribution is 7.98. The minimum Gasteiger partial charge on any atom is -0.267 e. The maximum Gasteiger partial charge on any atom is 0.275 e. The first-order valence-electron chi connectivity index (χ1n) is 6.78.